The number of ketones is 1. The van der Waals surface area contributed by atoms with E-state index in [4.69, 9.17) is 0 Å². The van der Waals surface area contributed by atoms with Crippen molar-refractivity contribution in [3.63, 3.8) is 0 Å². The average Bonchev–Trinajstić information content (AvgIpc) is 2.98. The number of halogens is 1. The molecule has 23 heavy (non-hydrogen) atoms. The molecule has 0 unspecified atom stereocenters. The summed E-state index contributed by atoms with van der Waals surface area (Å²) < 4.78 is 14.0. The highest BCUT2D eigenvalue weighted by Gasteiger charge is 2.49. The monoisotopic (exact) mass is 316 g/mol. The Morgan fingerprint density at radius 3 is 2.61 bits per heavy atom. The molecule has 0 bridgehead atoms. The van der Waals surface area contributed by atoms with Crippen LogP contribution in [-0.4, -0.2) is 11.7 Å². The van der Waals surface area contributed by atoms with Gasteiger partial charge < -0.3 is 10.6 Å². The van der Waals surface area contributed by atoms with Crippen LogP contribution in [0.3, 0.4) is 0 Å². The molecule has 2 aliphatic rings. The lowest BCUT2D eigenvalue weighted by molar-refractivity contribution is -0.140. The van der Waals surface area contributed by atoms with E-state index in [1.807, 2.05) is 6.92 Å². The lowest BCUT2D eigenvalue weighted by Gasteiger charge is -2.31. The van der Waals surface area contributed by atoms with Crippen LogP contribution in [0.25, 0.3) is 0 Å². The fourth-order valence-corrected chi connectivity index (χ4v) is 3.49. The highest BCUT2D eigenvalue weighted by molar-refractivity contribution is 6.14. The Hall–Kier alpha value is -2.17. The van der Waals surface area contributed by atoms with E-state index in [2.05, 4.69) is 10.6 Å². The molecule has 2 N–H and O–H groups in total. The molecule has 1 heterocycles. The van der Waals surface area contributed by atoms with E-state index in [-0.39, 0.29) is 23.5 Å². The van der Waals surface area contributed by atoms with Gasteiger partial charge in [0.2, 0.25) is 5.91 Å². The van der Waals surface area contributed by atoms with Crippen LogP contribution in [0.2, 0.25) is 0 Å². The molecular weight excluding hydrogens is 295 g/mol. The van der Waals surface area contributed by atoms with Crippen molar-refractivity contribution in [2.75, 3.05) is 0 Å². The Kier molecular flexibility index (Phi) is 3.96. The van der Waals surface area contributed by atoms with Gasteiger partial charge in [0, 0.05) is 11.6 Å². The van der Waals surface area contributed by atoms with E-state index in [9.17, 15) is 14.0 Å². The zero-order valence-corrected chi connectivity index (χ0v) is 13.4. The molecule has 0 radical (unpaired) electrons. The zero-order chi connectivity index (χ0) is 16.6. The Morgan fingerprint density at radius 1 is 1.26 bits per heavy atom. The first-order valence-corrected chi connectivity index (χ1v) is 8.02. The largest absolute Gasteiger partial charge is 0.365 e. The minimum Gasteiger partial charge on any atom is -0.365 e. The molecule has 3 rings (SSSR count). The van der Waals surface area contributed by atoms with Gasteiger partial charge in [-0.25, -0.2) is 4.39 Å². The molecule has 0 aromatic heterocycles. The van der Waals surface area contributed by atoms with Crippen molar-refractivity contribution in [3.8, 4) is 0 Å². The summed E-state index contributed by atoms with van der Waals surface area (Å²) in [4.78, 5) is 24.8. The first kappa shape index (κ1) is 15.7. The molecule has 1 spiro atoms. The summed E-state index contributed by atoms with van der Waals surface area (Å²) in [6.07, 6.45) is 4.49. The Morgan fingerprint density at radius 2 is 1.96 bits per heavy atom. The summed E-state index contributed by atoms with van der Waals surface area (Å²) in [6.45, 7) is 3.69. The maximum absolute atomic E-state index is 14.0. The lowest BCUT2D eigenvalue weighted by Crippen LogP contribution is -2.50. The zero-order valence-electron chi connectivity index (χ0n) is 13.4. The number of amides is 1. The van der Waals surface area contributed by atoms with Gasteiger partial charge in [-0.05, 0) is 32.8 Å². The summed E-state index contributed by atoms with van der Waals surface area (Å²) in [5, 5.41) is 5.82. The number of carbonyl (C=O) groups excluding carboxylic acids is 2. The van der Waals surface area contributed by atoms with E-state index in [0.29, 0.717) is 24.2 Å². The standard InChI is InChI=1S/C18H21FN2O2/c1-11-5-6-14(19)13(9-11)12(2)20-16-10-15(22)18(17(23)21-16)7-3-4-8-18/h5-6,9-10,12,20H,3-4,7-8H2,1-2H3,(H,21,23)/t12-/m0/s1. The van der Waals surface area contributed by atoms with Gasteiger partial charge in [0.25, 0.3) is 0 Å². The van der Waals surface area contributed by atoms with Crippen molar-refractivity contribution < 1.29 is 14.0 Å². The molecule has 5 heteroatoms. The number of benzene rings is 1. The number of hydrogen-bond acceptors (Lipinski definition) is 3. The highest BCUT2D eigenvalue weighted by Crippen LogP contribution is 2.41. The number of hydrogen-bond donors (Lipinski definition) is 2. The van der Waals surface area contributed by atoms with Gasteiger partial charge in [-0.15, -0.1) is 0 Å². The normalized spacial score (nSPS) is 21.1. The van der Waals surface area contributed by atoms with Gasteiger partial charge in [-0.2, -0.15) is 0 Å². The smallest absolute Gasteiger partial charge is 0.239 e. The van der Waals surface area contributed by atoms with E-state index < -0.39 is 5.41 Å². The Bertz CT molecular complexity index is 690. The van der Waals surface area contributed by atoms with E-state index in [0.717, 1.165) is 18.4 Å². The summed E-state index contributed by atoms with van der Waals surface area (Å²) in [7, 11) is 0. The predicted molar refractivity (Wildman–Crippen MR) is 84.8 cm³/mol. The third-order valence-electron chi connectivity index (χ3n) is 4.88. The van der Waals surface area contributed by atoms with Gasteiger partial charge in [0.1, 0.15) is 17.1 Å². The number of rotatable bonds is 3. The molecule has 1 aromatic carbocycles. The van der Waals surface area contributed by atoms with Crippen LogP contribution < -0.4 is 10.6 Å². The quantitative estimate of drug-likeness (QED) is 0.843. The average molecular weight is 316 g/mol. The summed E-state index contributed by atoms with van der Waals surface area (Å²) in [5.41, 5.74) is 0.592. The van der Waals surface area contributed by atoms with Crippen molar-refractivity contribution >= 4 is 11.7 Å². The van der Waals surface area contributed by atoms with E-state index in [1.165, 1.54) is 12.1 Å². The second-order valence-electron chi connectivity index (χ2n) is 6.56. The predicted octanol–water partition coefficient (Wildman–Crippen LogP) is 2.89. The molecule has 1 amide bonds. The Balaban J connectivity index is 1.79. The van der Waals surface area contributed by atoms with Crippen molar-refractivity contribution in [2.45, 2.75) is 45.6 Å². The van der Waals surface area contributed by atoms with Crippen LogP contribution in [-0.2, 0) is 9.59 Å². The van der Waals surface area contributed by atoms with Gasteiger partial charge in [-0.3, -0.25) is 9.59 Å². The highest BCUT2D eigenvalue weighted by atomic mass is 19.1. The number of nitrogens with one attached hydrogen (secondary N) is 2. The third-order valence-corrected chi connectivity index (χ3v) is 4.88. The van der Waals surface area contributed by atoms with E-state index >= 15 is 0 Å². The second-order valence-corrected chi connectivity index (χ2v) is 6.56. The lowest BCUT2D eigenvalue weighted by atomic mass is 9.79. The van der Waals surface area contributed by atoms with Crippen LogP contribution in [0, 0.1) is 18.2 Å². The number of allylic oxidation sites excluding steroid dienone is 1. The second kappa shape index (κ2) is 5.80. The SMILES string of the molecule is Cc1ccc(F)c([C@H](C)NC2=CC(=O)C3(CCCC3)C(=O)N2)c1. The van der Waals surface area contributed by atoms with Gasteiger partial charge in [0.15, 0.2) is 5.78 Å². The van der Waals surface area contributed by atoms with Crippen molar-refractivity contribution in [2.24, 2.45) is 5.41 Å². The third kappa shape index (κ3) is 2.76. The van der Waals surface area contributed by atoms with Crippen LogP contribution in [0.1, 0.15) is 49.8 Å². The first-order chi connectivity index (χ1) is 10.9. The number of carbonyl (C=O) groups is 2. The van der Waals surface area contributed by atoms with E-state index in [1.54, 1.807) is 19.1 Å². The minimum atomic E-state index is -0.872. The van der Waals surface area contributed by atoms with Crippen LogP contribution >= 0.6 is 0 Å². The minimum absolute atomic E-state index is 0.141. The first-order valence-electron chi connectivity index (χ1n) is 8.02. The topological polar surface area (TPSA) is 58.2 Å². The molecule has 0 saturated heterocycles. The molecule has 1 atom stereocenters. The van der Waals surface area contributed by atoms with Gasteiger partial charge in [-0.1, -0.05) is 30.5 Å². The van der Waals surface area contributed by atoms with Crippen molar-refractivity contribution in [1.29, 1.82) is 0 Å². The molecule has 1 aromatic rings. The van der Waals surface area contributed by atoms with Crippen LogP contribution in [0.4, 0.5) is 4.39 Å². The van der Waals surface area contributed by atoms with Gasteiger partial charge in [0.05, 0.1) is 6.04 Å². The molecule has 1 aliphatic carbocycles. The van der Waals surface area contributed by atoms with Crippen molar-refractivity contribution in [3.05, 3.63) is 47.0 Å². The number of aryl methyl sites for hydroxylation is 1. The fraction of sp³-hybridized carbons (Fsp3) is 0.444. The van der Waals surface area contributed by atoms with Crippen LogP contribution in [0.5, 0.6) is 0 Å². The van der Waals surface area contributed by atoms with Crippen molar-refractivity contribution in [1.82, 2.24) is 10.6 Å². The molecular formula is C18H21FN2O2. The van der Waals surface area contributed by atoms with Gasteiger partial charge >= 0.3 is 0 Å². The maximum atomic E-state index is 14.0. The molecule has 1 saturated carbocycles. The summed E-state index contributed by atoms with van der Waals surface area (Å²) >= 11 is 0. The van der Waals surface area contributed by atoms with Crippen LogP contribution in [0.15, 0.2) is 30.1 Å². The molecule has 1 fully saturated rings. The maximum Gasteiger partial charge on any atom is 0.239 e. The Labute approximate surface area is 135 Å². The summed E-state index contributed by atoms with van der Waals surface area (Å²) in [6, 6.07) is 4.54. The fourth-order valence-electron chi connectivity index (χ4n) is 3.49. The molecule has 122 valence electrons. The summed E-state index contributed by atoms with van der Waals surface area (Å²) in [5.74, 6) is -0.331. The molecule has 4 nitrogen and oxygen atoms in total. The molecule has 1 aliphatic heterocycles.